The average Bonchev–Trinajstić information content (AvgIpc) is 2.39. The zero-order chi connectivity index (χ0) is 15.0. The van der Waals surface area contributed by atoms with Crippen LogP contribution < -0.4 is 0 Å². The first-order valence-electron chi connectivity index (χ1n) is 7.75. The molecule has 20 heavy (non-hydrogen) atoms. The summed E-state index contributed by atoms with van der Waals surface area (Å²) in [5.74, 6) is 0.767. The van der Waals surface area contributed by atoms with Crippen LogP contribution in [-0.4, -0.2) is 12.1 Å². The molecule has 0 saturated heterocycles. The highest BCUT2D eigenvalue weighted by Gasteiger charge is 2.25. The lowest BCUT2D eigenvalue weighted by atomic mass is 9.81. The zero-order valence-electron chi connectivity index (χ0n) is 13.3. The van der Waals surface area contributed by atoms with Crippen LogP contribution in [0.25, 0.3) is 0 Å². The van der Waals surface area contributed by atoms with E-state index in [-0.39, 0.29) is 12.1 Å². The van der Waals surface area contributed by atoms with Gasteiger partial charge in [0.25, 0.3) is 0 Å². The number of unbranched alkanes of at least 4 members (excludes halogenated alkanes) is 1. The van der Waals surface area contributed by atoms with Gasteiger partial charge in [0.2, 0.25) is 0 Å². The van der Waals surface area contributed by atoms with E-state index in [2.05, 4.69) is 38.1 Å². The van der Waals surface area contributed by atoms with Gasteiger partial charge in [-0.2, -0.15) is 0 Å². The molecule has 0 aliphatic rings. The first kappa shape index (κ1) is 16.7. The molecule has 1 aromatic rings. The fourth-order valence-electron chi connectivity index (χ4n) is 2.91. The standard InChI is InChI=1S/C18H28O2/c1-5-6-12-18(15(3)20-16(4)19)14(2)13-17-10-8-7-9-11-17/h7-11,14-15,18H,5-6,12-13H2,1-4H3/t14-,15+,18-/m1/s1. The van der Waals surface area contributed by atoms with Gasteiger partial charge in [-0.15, -0.1) is 0 Å². The van der Waals surface area contributed by atoms with Crippen molar-refractivity contribution in [2.75, 3.05) is 0 Å². The van der Waals surface area contributed by atoms with Gasteiger partial charge >= 0.3 is 5.97 Å². The summed E-state index contributed by atoms with van der Waals surface area (Å²) in [6, 6.07) is 10.6. The van der Waals surface area contributed by atoms with Crippen molar-refractivity contribution in [3.05, 3.63) is 35.9 Å². The number of ether oxygens (including phenoxy) is 1. The summed E-state index contributed by atoms with van der Waals surface area (Å²) in [4.78, 5) is 11.2. The van der Waals surface area contributed by atoms with Gasteiger partial charge in [-0.25, -0.2) is 0 Å². The molecular weight excluding hydrogens is 248 g/mol. The summed E-state index contributed by atoms with van der Waals surface area (Å²) < 4.78 is 5.43. The Morgan fingerprint density at radius 1 is 1.20 bits per heavy atom. The molecule has 0 amide bonds. The highest BCUT2D eigenvalue weighted by Crippen LogP contribution is 2.27. The van der Waals surface area contributed by atoms with Crippen molar-refractivity contribution < 1.29 is 9.53 Å². The monoisotopic (exact) mass is 276 g/mol. The maximum Gasteiger partial charge on any atom is 0.302 e. The quantitative estimate of drug-likeness (QED) is 0.647. The van der Waals surface area contributed by atoms with Crippen molar-refractivity contribution >= 4 is 5.97 Å². The Morgan fingerprint density at radius 3 is 2.40 bits per heavy atom. The molecule has 0 aliphatic heterocycles. The molecule has 0 saturated carbocycles. The van der Waals surface area contributed by atoms with Gasteiger partial charge in [-0.3, -0.25) is 4.79 Å². The van der Waals surface area contributed by atoms with Crippen molar-refractivity contribution in [3.8, 4) is 0 Å². The van der Waals surface area contributed by atoms with Crippen LogP contribution in [0.15, 0.2) is 30.3 Å². The molecule has 0 fully saturated rings. The van der Waals surface area contributed by atoms with Gasteiger partial charge in [0.1, 0.15) is 6.10 Å². The van der Waals surface area contributed by atoms with E-state index in [1.165, 1.54) is 25.3 Å². The zero-order valence-corrected chi connectivity index (χ0v) is 13.3. The van der Waals surface area contributed by atoms with E-state index in [1.54, 1.807) is 0 Å². The predicted octanol–water partition coefficient (Wildman–Crippen LogP) is 4.62. The van der Waals surface area contributed by atoms with Crippen molar-refractivity contribution in [1.82, 2.24) is 0 Å². The molecule has 112 valence electrons. The lowest BCUT2D eigenvalue weighted by Crippen LogP contribution is -2.29. The number of hydrogen-bond donors (Lipinski definition) is 0. The molecule has 1 rings (SSSR count). The second kappa shape index (κ2) is 8.78. The molecule has 0 radical (unpaired) electrons. The number of rotatable bonds is 8. The van der Waals surface area contributed by atoms with Crippen LogP contribution in [0.5, 0.6) is 0 Å². The Balaban J connectivity index is 2.67. The minimum Gasteiger partial charge on any atom is -0.463 e. The van der Waals surface area contributed by atoms with Crippen LogP contribution in [0.3, 0.4) is 0 Å². The molecule has 0 spiro atoms. The van der Waals surface area contributed by atoms with Crippen LogP contribution in [0.1, 0.15) is 52.5 Å². The third kappa shape index (κ3) is 5.77. The maximum atomic E-state index is 11.2. The van der Waals surface area contributed by atoms with Crippen LogP contribution in [-0.2, 0) is 16.0 Å². The van der Waals surface area contributed by atoms with E-state index >= 15 is 0 Å². The largest absolute Gasteiger partial charge is 0.463 e. The molecule has 0 N–H and O–H groups in total. The summed E-state index contributed by atoms with van der Waals surface area (Å²) in [5.41, 5.74) is 1.36. The Labute approximate surface area is 123 Å². The number of carbonyl (C=O) groups excluding carboxylic acids is 1. The van der Waals surface area contributed by atoms with E-state index in [4.69, 9.17) is 4.74 Å². The molecule has 3 atom stereocenters. The van der Waals surface area contributed by atoms with Crippen LogP contribution >= 0.6 is 0 Å². The van der Waals surface area contributed by atoms with E-state index < -0.39 is 0 Å². The Kier molecular flexibility index (Phi) is 7.35. The summed E-state index contributed by atoms with van der Waals surface area (Å²) in [6.07, 6.45) is 4.54. The van der Waals surface area contributed by atoms with Crippen molar-refractivity contribution in [3.63, 3.8) is 0 Å². The van der Waals surface area contributed by atoms with Crippen LogP contribution in [0.4, 0.5) is 0 Å². The minimum absolute atomic E-state index is 0.00207. The Bertz CT molecular complexity index is 386. The Hall–Kier alpha value is -1.31. The first-order valence-corrected chi connectivity index (χ1v) is 7.75. The van der Waals surface area contributed by atoms with Gasteiger partial charge in [-0.1, -0.05) is 57.0 Å². The van der Waals surface area contributed by atoms with E-state index in [0.29, 0.717) is 11.8 Å². The summed E-state index contributed by atoms with van der Waals surface area (Å²) in [7, 11) is 0. The SMILES string of the molecule is CCCC[C@H]([C@H](C)Cc1ccccc1)[C@H](C)OC(C)=O. The molecule has 0 aromatic heterocycles. The fraction of sp³-hybridized carbons (Fsp3) is 0.611. The van der Waals surface area contributed by atoms with Crippen LogP contribution in [0, 0.1) is 11.8 Å². The molecule has 0 bridgehead atoms. The maximum absolute atomic E-state index is 11.2. The van der Waals surface area contributed by atoms with Gasteiger partial charge < -0.3 is 4.74 Å². The predicted molar refractivity (Wildman–Crippen MR) is 83.6 cm³/mol. The summed E-state index contributed by atoms with van der Waals surface area (Å²) in [6.45, 7) is 8.00. The summed E-state index contributed by atoms with van der Waals surface area (Å²) >= 11 is 0. The Morgan fingerprint density at radius 2 is 1.85 bits per heavy atom. The highest BCUT2D eigenvalue weighted by molar-refractivity contribution is 5.66. The number of hydrogen-bond acceptors (Lipinski definition) is 2. The highest BCUT2D eigenvalue weighted by atomic mass is 16.5. The topological polar surface area (TPSA) is 26.3 Å². The normalized spacial score (nSPS) is 15.4. The second-order valence-electron chi connectivity index (χ2n) is 5.79. The molecule has 0 aliphatic carbocycles. The number of esters is 1. The lowest BCUT2D eigenvalue weighted by Gasteiger charge is -2.29. The second-order valence-corrected chi connectivity index (χ2v) is 5.79. The molecule has 1 aromatic carbocycles. The van der Waals surface area contributed by atoms with Crippen LogP contribution in [0.2, 0.25) is 0 Å². The van der Waals surface area contributed by atoms with Gasteiger partial charge in [0, 0.05) is 6.92 Å². The lowest BCUT2D eigenvalue weighted by molar-refractivity contribution is -0.149. The molecule has 2 heteroatoms. The van der Waals surface area contributed by atoms with Gasteiger partial charge in [0.05, 0.1) is 0 Å². The third-order valence-electron chi connectivity index (χ3n) is 3.98. The van der Waals surface area contributed by atoms with Crippen molar-refractivity contribution in [1.29, 1.82) is 0 Å². The number of carbonyl (C=O) groups is 1. The van der Waals surface area contributed by atoms with Gasteiger partial charge in [0.15, 0.2) is 0 Å². The van der Waals surface area contributed by atoms with E-state index in [1.807, 2.05) is 13.0 Å². The number of benzene rings is 1. The van der Waals surface area contributed by atoms with E-state index in [0.717, 1.165) is 12.8 Å². The van der Waals surface area contributed by atoms with Crippen molar-refractivity contribution in [2.24, 2.45) is 11.8 Å². The molecule has 0 heterocycles. The smallest absolute Gasteiger partial charge is 0.302 e. The molecular formula is C18H28O2. The summed E-state index contributed by atoms with van der Waals surface area (Å²) in [5, 5.41) is 0. The minimum atomic E-state index is -0.175. The molecule has 0 unspecified atom stereocenters. The molecule has 2 nitrogen and oxygen atoms in total. The third-order valence-corrected chi connectivity index (χ3v) is 3.98. The fourth-order valence-corrected chi connectivity index (χ4v) is 2.91. The average molecular weight is 276 g/mol. The van der Waals surface area contributed by atoms with E-state index in [9.17, 15) is 4.79 Å². The van der Waals surface area contributed by atoms with Gasteiger partial charge in [-0.05, 0) is 37.2 Å². The van der Waals surface area contributed by atoms with Crippen molar-refractivity contribution in [2.45, 2.75) is 59.5 Å². The first-order chi connectivity index (χ1) is 9.54.